The van der Waals surface area contributed by atoms with Crippen LogP contribution in [0.4, 0.5) is 0 Å². The van der Waals surface area contributed by atoms with Crippen LogP contribution in [0.2, 0.25) is 10.2 Å². The van der Waals surface area contributed by atoms with E-state index in [1.807, 2.05) is 30.3 Å². The molecule has 0 N–H and O–H groups in total. The van der Waals surface area contributed by atoms with E-state index in [0.29, 0.717) is 10.5 Å². The van der Waals surface area contributed by atoms with E-state index in [0.717, 1.165) is 21.7 Å². The highest BCUT2D eigenvalue weighted by atomic mass is 79.9. The molecule has 1 aromatic heterocycles. The molecule has 0 spiro atoms. The molecule has 0 bridgehead atoms. The lowest BCUT2D eigenvalue weighted by Gasteiger charge is -2.05. The van der Waals surface area contributed by atoms with E-state index >= 15 is 0 Å². The monoisotopic (exact) mass is 315 g/mol. The zero-order valence-electron chi connectivity index (χ0n) is 8.25. The summed E-state index contributed by atoms with van der Waals surface area (Å²) in [5, 5.41) is 1.96. The summed E-state index contributed by atoms with van der Waals surface area (Å²) < 4.78 is 0. The fourth-order valence-corrected chi connectivity index (χ4v) is 2.27. The molecule has 0 atom stereocenters. The van der Waals surface area contributed by atoms with Gasteiger partial charge in [-0.15, -0.1) is 0 Å². The molecular weight excluding hydrogens is 309 g/mol. The van der Waals surface area contributed by atoms with Crippen molar-refractivity contribution in [2.75, 3.05) is 0 Å². The lowest BCUT2D eigenvalue weighted by Crippen LogP contribution is -1.87. The number of alkyl halides is 1. The van der Waals surface area contributed by atoms with Gasteiger partial charge >= 0.3 is 0 Å². The molecule has 0 saturated carbocycles. The third kappa shape index (κ3) is 2.57. The normalized spacial score (nSPS) is 10.4. The van der Waals surface area contributed by atoms with Crippen molar-refractivity contribution in [3.05, 3.63) is 52.3 Å². The quantitative estimate of drug-likeness (QED) is 0.564. The third-order valence-electron chi connectivity index (χ3n) is 2.23. The lowest BCUT2D eigenvalue weighted by molar-refractivity contribution is 1.26. The summed E-state index contributed by atoms with van der Waals surface area (Å²) >= 11 is 15.2. The van der Waals surface area contributed by atoms with Crippen molar-refractivity contribution in [3.8, 4) is 11.1 Å². The molecule has 82 valence electrons. The van der Waals surface area contributed by atoms with E-state index in [2.05, 4.69) is 20.9 Å². The van der Waals surface area contributed by atoms with Crippen molar-refractivity contribution >= 4 is 39.1 Å². The number of hydrogen-bond acceptors (Lipinski definition) is 1. The van der Waals surface area contributed by atoms with Gasteiger partial charge in [0.25, 0.3) is 0 Å². The van der Waals surface area contributed by atoms with Gasteiger partial charge < -0.3 is 0 Å². The van der Waals surface area contributed by atoms with Crippen molar-refractivity contribution in [2.24, 2.45) is 0 Å². The van der Waals surface area contributed by atoms with Crippen LogP contribution in [-0.2, 0) is 5.33 Å². The molecule has 2 aromatic rings. The molecule has 0 amide bonds. The number of pyridine rings is 1. The van der Waals surface area contributed by atoms with Crippen molar-refractivity contribution < 1.29 is 0 Å². The maximum absolute atomic E-state index is 5.95. The van der Waals surface area contributed by atoms with Gasteiger partial charge in [-0.2, -0.15) is 0 Å². The molecule has 0 aliphatic rings. The van der Waals surface area contributed by atoms with Crippen molar-refractivity contribution in [1.82, 2.24) is 4.98 Å². The Morgan fingerprint density at radius 1 is 1.06 bits per heavy atom. The molecule has 16 heavy (non-hydrogen) atoms. The highest BCUT2D eigenvalue weighted by molar-refractivity contribution is 9.08. The van der Waals surface area contributed by atoms with E-state index < -0.39 is 0 Å². The summed E-state index contributed by atoms with van der Waals surface area (Å²) in [5.41, 5.74) is 3.10. The molecule has 1 aromatic carbocycles. The summed E-state index contributed by atoms with van der Waals surface area (Å²) in [7, 11) is 0. The Balaban J connectivity index is 2.44. The molecular formula is C12H8BrCl2N. The van der Waals surface area contributed by atoms with E-state index in [-0.39, 0.29) is 0 Å². The summed E-state index contributed by atoms with van der Waals surface area (Å²) in [5.74, 6) is 0. The number of rotatable bonds is 2. The van der Waals surface area contributed by atoms with Gasteiger partial charge in [0.15, 0.2) is 0 Å². The van der Waals surface area contributed by atoms with Gasteiger partial charge in [0, 0.05) is 27.7 Å². The van der Waals surface area contributed by atoms with Crippen LogP contribution in [0.1, 0.15) is 5.56 Å². The molecule has 2 rings (SSSR count). The first-order valence-corrected chi connectivity index (χ1v) is 6.55. The Morgan fingerprint density at radius 3 is 2.38 bits per heavy atom. The molecule has 0 unspecified atom stereocenters. The van der Waals surface area contributed by atoms with Crippen LogP contribution in [0.15, 0.2) is 36.5 Å². The first-order chi connectivity index (χ1) is 7.70. The topological polar surface area (TPSA) is 12.9 Å². The number of hydrogen-bond donors (Lipinski definition) is 0. The Kier molecular flexibility index (Phi) is 3.85. The van der Waals surface area contributed by atoms with Gasteiger partial charge in [-0.25, -0.2) is 4.98 Å². The molecule has 0 aliphatic heterocycles. The van der Waals surface area contributed by atoms with Gasteiger partial charge in [-0.3, -0.25) is 0 Å². The van der Waals surface area contributed by atoms with Crippen LogP contribution in [0, 0.1) is 0 Å². The van der Waals surface area contributed by atoms with Crippen LogP contribution >= 0.6 is 39.1 Å². The molecule has 0 radical (unpaired) electrons. The molecule has 1 nitrogen and oxygen atoms in total. The van der Waals surface area contributed by atoms with E-state index in [1.165, 1.54) is 0 Å². The smallest absolute Gasteiger partial charge is 0.133 e. The summed E-state index contributed by atoms with van der Waals surface area (Å²) in [6, 6.07) is 9.67. The average molecular weight is 317 g/mol. The fraction of sp³-hybridized carbons (Fsp3) is 0.0833. The second kappa shape index (κ2) is 5.17. The van der Waals surface area contributed by atoms with Crippen molar-refractivity contribution in [1.29, 1.82) is 0 Å². The van der Waals surface area contributed by atoms with Crippen molar-refractivity contribution in [2.45, 2.75) is 5.33 Å². The highest BCUT2D eigenvalue weighted by Gasteiger charge is 2.04. The minimum atomic E-state index is 0.537. The molecule has 0 aliphatic carbocycles. The van der Waals surface area contributed by atoms with Gasteiger partial charge in [0.05, 0.1) is 0 Å². The lowest BCUT2D eigenvalue weighted by atomic mass is 10.1. The van der Waals surface area contributed by atoms with Crippen LogP contribution in [0.25, 0.3) is 11.1 Å². The van der Waals surface area contributed by atoms with E-state index in [9.17, 15) is 0 Å². The summed E-state index contributed by atoms with van der Waals surface area (Å²) in [6.07, 6.45) is 1.76. The standard InChI is InChI=1S/C12H8BrCl2N/c13-6-9-5-10(7-16-12(9)15)8-1-3-11(14)4-2-8/h1-5,7H,6H2. The Morgan fingerprint density at radius 2 is 1.75 bits per heavy atom. The predicted octanol–water partition coefficient (Wildman–Crippen LogP) is 4.95. The SMILES string of the molecule is Clc1ccc(-c2cnc(Cl)c(CBr)c2)cc1. The molecule has 0 saturated heterocycles. The van der Waals surface area contributed by atoms with Crippen LogP contribution in [-0.4, -0.2) is 4.98 Å². The highest BCUT2D eigenvalue weighted by Crippen LogP contribution is 2.25. The van der Waals surface area contributed by atoms with Crippen molar-refractivity contribution in [3.63, 3.8) is 0 Å². The predicted molar refractivity (Wildman–Crippen MR) is 72.3 cm³/mol. The van der Waals surface area contributed by atoms with Crippen LogP contribution < -0.4 is 0 Å². The average Bonchev–Trinajstić information content (AvgIpc) is 2.31. The first kappa shape index (κ1) is 11.9. The van der Waals surface area contributed by atoms with Crippen LogP contribution in [0.3, 0.4) is 0 Å². The number of benzene rings is 1. The Bertz CT molecular complexity index is 497. The Labute approximate surface area is 113 Å². The summed E-state index contributed by atoms with van der Waals surface area (Å²) in [4.78, 5) is 4.15. The zero-order valence-corrected chi connectivity index (χ0v) is 11.4. The van der Waals surface area contributed by atoms with Gasteiger partial charge in [0.2, 0.25) is 0 Å². The van der Waals surface area contributed by atoms with Crippen LogP contribution in [0.5, 0.6) is 0 Å². The van der Waals surface area contributed by atoms with Gasteiger partial charge in [-0.1, -0.05) is 51.3 Å². The van der Waals surface area contributed by atoms with E-state index in [4.69, 9.17) is 23.2 Å². The maximum Gasteiger partial charge on any atom is 0.133 e. The maximum atomic E-state index is 5.95. The second-order valence-electron chi connectivity index (χ2n) is 3.31. The minimum absolute atomic E-state index is 0.537. The minimum Gasteiger partial charge on any atom is -0.244 e. The molecule has 1 heterocycles. The molecule has 0 fully saturated rings. The van der Waals surface area contributed by atoms with E-state index in [1.54, 1.807) is 6.20 Å². The number of aromatic nitrogens is 1. The first-order valence-electron chi connectivity index (χ1n) is 4.67. The second-order valence-corrected chi connectivity index (χ2v) is 4.67. The summed E-state index contributed by atoms with van der Waals surface area (Å²) in [6.45, 7) is 0. The molecule has 4 heteroatoms. The zero-order chi connectivity index (χ0) is 11.5. The number of halogens is 3. The number of nitrogens with zero attached hydrogens (tertiary/aromatic N) is 1. The third-order valence-corrected chi connectivity index (χ3v) is 3.43. The van der Waals surface area contributed by atoms with Gasteiger partial charge in [-0.05, 0) is 23.8 Å². The van der Waals surface area contributed by atoms with Gasteiger partial charge in [0.1, 0.15) is 5.15 Å². The largest absolute Gasteiger partial charge is 0.244 e. The Hall–Kier alpha value is -0.570. The fourth-order valence-electron chi connectivity index (χ4n) is 1.39.